The monoisotopic (exact) mass is 275 g/mol. The number of hydrogen-bond acceptors (Lipinski definition) is 4. The van der Waals surface area contributed by atoms with E-state index in [9.17, 15) is 0 Å². The molecule has 5 rings (SSSR count). The minimum atomic E-state index is 0.351. The number of aromatic nitrogens is 2. The summed E-state index contributed by atoms with van der Waals surface area (Å²) < 4.78 is 5.83. The van der Waals surface area contributed by atoms with Crippen molar-refractivity contribution in [1.29, 1.82) is 0 Å². The molecular weight excluding hydrogens is 250 g/mol. The first-order chi connectivity index (χ1) is 9.72. The molecule has 0 aromatic carbocycles. The normalized spacial score (nSPS) is 40.2. The molecule has 1 unspecified atom stereocenters. The molecule has 0 saturated heterocycles. The summed E-state index contributed by atoms with van der Waals surface area (Å²) in [6.07, 6.45) is 9.71. The van der Waals surface area contributed by atoms with Gasteiger partial charge < -0.3 is 10.2 Å². The molecule has 4 heteroatoms. The maximum Gasteiger partial charge on any atom is 0.230 e. The number of nitrogens with zero attached hydrogens (tertiary/aromatic N) is 2. The zero-order valence-electron chi connectivity index (χ0n) is 12.3. The van der Waals surface area contributed by atoms with E-state index in [1.165, 1.54) is 38.5 Å². The Morgan fingerprint density at radius 3 is 2.20 bits per heavy atom. The topological polar surface area (TPSA) is 64.9 Å². The van der Waals surface area contributed by atoms with Gasteiger partial charge in [0.1, 0.15) is 0 Å². The van der Waals surface area contributed by atoms with Crippen LogP contribution in [0.15, 0.2) is 4.42 Å². The van der Waals surface area contributed by atoms with Crippen LogP contribution in [-0.4, -0.2) is 10.2 Å². The first kappa shape index (κ1) is 12.8. The Balaban J connectivity index is 1.66. The van der Waals surface area contributed by atoms with Crippen molar-refractivity contribution in [2.45, 2.75) is 64.3 Å². The van der Waals surface area contributed by atoms with E-state index in [1.807, 2.05) is 0 Å². The lowest BCUT2D eigenvalue weighted by Gasteiger charge is -2.59. The van der Waals surface area contributed by atoms with Gasteiger partial charge in [0.2, 0.25) is 11.8 Å². The molecule has 4 nitrogen and oxygen atoms in total. The van der Waals surface area contributed by atoms with Gasteiger partial charge in [-0.1, -0.05) is 6.92 Å². The Hall–Kier alpha value is -0.900. The van der Waals surface area contributed by atoms with Gasteiger partial charge >= 0.3 is 0 Å². The third-order valence-corrected chi connectivity index (χ3v) is 6.19. The van der Waals surface area contributed by atoms with Gasteiger partial charge in [-0.15, -0.1) is 10.2 Å². The highest BCUT2D eigenvalue weighted by Gasteiger charge is 2.55. The molecule has 1 aromatic rings. The Kier molecular flexibility index (Phi) is 2.92. The minimum Gasteiger partial charge on any atom is -0.424 e. The molecule has 20 heavy (non-hydrogen) atoms. The summed E-state index contributed by atoms with van der Waals surface area (Å²) in [6, 6.07) is 0. The van der Waals surface area contributed by atoms with Crippen LogP contribution in [0.1, 0.15) is 69.6 Å². The van der Waals surface area contributed by atoms with Crippen LogP contribution < -0.4 is 5.73 Å². The van der Waals surface area contributed by atoms with Crippen LogP contribution in [0, 0.1) is 23.2 Å². The van der Waals surface area contributed by atoms with Crippen LogP contribution in [0.25, 0.3) is 0 Å². The largest absolute Gasteiger partial charge is 0.424 e. The van der Waals surface area contributed by atoms with Crippen LogP contribution in [-0.2, 0) is 6.54 Å². The summed E-state index contributed by atoms with van der Waals surface area (Å²) >= 11 is 0. The van der Waals surface area contributed by atoms with Crippen LogP contribution >= 0.6 is 0 Å². The molecule has 1 atom stereocenters. The summed E-state index contributed by atoms with van der Waals surface area (Å²) in [6.45, 7) is 2.62. The molecule has 4 fully saturated rings. The fraction of sp³-hybridized carbons (Fsp3) is 0.875. The average Bonchev–Trinajstić information content (AvgIpc) is 2.86. The molecule has 0 spiro atoms. The Morgan fingerprint density at radius 2 is 1.75 bits per heavy atom. The van der Waals surface area contributed by atoms with E-state index in [2.05, 4.69) is 17.1 Å². The molecule has 4 bridgehead atoms. The third kappa shape index (κ3) is 1.84. The van der Waals surface area contributed by atoms with Gasteiger partial charge in [0.25, 0.3) is 0 Å². The molecule has 4 aliphatic rings. The fourth-order valence-corrected chi connectivity index (χ4v) is 5.96. The average molecular weight is 275 g/mol. The van der Waals surface area contributed by atoms with Gasteiger partial charge in [0.05, 0.1) is 6.54 Å². The highest BCUT2D eigenvalue weighted by molar-refractivity contribution is 5.10. The third-order valence-electron chi connectivity index (χ3n) is 6.19. The Bertz CT molecular complexity index is 460. The van der Waals surface area contributed by atoms with Crippen molar-refractivity contribution in [1.82, 2.24) is 10.2 Å². The van der Waals surface area contributed by atoms with Crippen molar-refractivity contribution in [2.24, 2.45) is 28.9 Å². The molecule has 0 amide bonds. The van der Waals surface area contributed by atoms with E-state index >= 15 is 0 Å². The molecule has 4 aliphatic carbocycles. The van der Waals surface area contributed by atoms with E-state index in [0.717, 1.165) is 30.1 Å². The van der Waals surface area contributed by atoms with Crippen molar-refractivity contribution < 1.29 is 4.42 Å². The van der Waals surface area contributed by atoms with Crippen molar-refractivity contribution in [2.75, 3.05) is 0 Å². The van der Waals surface area contributed by atoms with Crippen molar-refractivity contribution in [3.8, 4) is 0 Å². The van der Waals surface area contributed by atoms with E-state index < -0.39 is 0 Å². The zero-order chi connectivity index (χ0) is 13.7. The minimum absolute atomic E-state index is 0.351. The first-order valence-corrected chi connectivity index (χ1v) is 8.24. The highest BCUT2D eigenvalue weighted by atomic mass is 16.4. The quantitative estimate of drug-likeness (QED) is 0.916. The fourth-order valence-electron chi connectivity index (χ4n) is 5.96. The maximum atomic E-state index is 5.83. The van der Waals surface area contributed by atoms with Gasteiger partial charge in [0.15, 0.2) is 0 Å². The molecule has 110 valence electrons. The summed E-state index contributed by atoms with van der Waals surface area (Å²) in [5.41, 5.74) is 6.06. The van der Waals surface area contributed by atoms with Crippen molar-refractivity contribution in [3.05, 3.63) is 11.8 Å². The second-order valence-corrected chi connectivity index (χ2v) is 7.48. The predicted molar refractivity (Wildman–Crippen MR) is 75.8 cm³/mol. The van der Waals surface area contributed by atoms with Gasteiger partial charge in [-0.05, 0) is 68.1 Å². The van der Waals surface area contributed by atoms with Gasteiger partial charge in [0, 0.05) is 5.92 Å². The van der Waals surface area contributed by atoms with E-state index in [0.29, 0.717) is 23.8 Å². The number of nitrogens with two attached hydrogens (primary N) is 1. The summed E-state index contributed by atoms with van der Waals surface area (Å²) in [4.78, 5) is 0. The van der Waals surface area contributed by atoms with E-state index in [4.69, 9.17) is 10.2 Å². The smallest absolute Gasteiger partial charge is 0.230 e. The molecule has 4 saturated carbocycles. The standard InChI is InChI=1S/C16H25N3O/c1-2-13(15-19-18-14(9-17)20-15)16-6-10-3-11(7-16)5-12(4-10)8-16/h10-13H,2-9,17H2,1H3. The molecular formula is C16H25N3O. The number of rotatable bonds is 4. The molecule has 1 aromatic heterocycles. The Labute approximate surface area is 120 Å². The zero-order valence-corrected chi connectivity index (χ0v) is 12.3. The van der Waals surface area contributed by atoms with Crippen molar-refractivity contribution >= 4 is 0 Å². The lowest BCUT2D eigenvalue weighted by atomic mass is 9.46. The molecule has 0 aliphatic heterocycles. The van der Waals surface area contributed by atoms with Crippen LogP contribution in [0.4, 0.5) is 0 Å². The Morgan fingerprint density at radius 1 is 1.15 bits per heavy atom. The molecule has 1 heterocycles. The lowest BCUT2D eigenvalue weighted by Crippen LogP contribution is -2.48. The summed E-state index contributed by atoms with van der Waals surface area (Å²) in [7, 11) is 0. The molecule has 2 N–H and O–H groups in total. The lowest BCUT2D eigenvalue weighted by molar-refractivity contribution is -0.0736. The van der Waals surface area contributed by atoms with Crippen molar-refractivity contribution in [3.63, 3.8) is 0 Å². The highest BCUT2D eigenvalue weighted by Crippen LogP contribution is 2.65. The van der Waals surface area contributed by atoms with Gasteiger partial charge in [-0.3, -0.25) is 0 Å². The number of hydrogen-bond donors (Lipinski definition) is 1. The second-order valence-electron chi connectivity index (χ2n) is 7.48. The maximum absolute atomic E-state index is 5.83. The van der Waals surface area contributed by atoms with Gasteiger partial charge in [-0.25, -0.2) is 0 Å². The van der Waals surface area contributed by atoms with Crippen LogP contribution in [0.3, 0.4) is 0 Å². The van der Waals surface area contributed by atoms with Crippen LogP contribution in [0.2, 0.25) is 0 Å². The first-order valence-electron chi connectivity index (χ1n) is 8.24. The van der Waals surface area contributed by atoms with Crippen LogP contribution in [0.5, 0.6) is 0 Å². The SMILES string of the molecule is CCC(c1nnc(CN)o1)C12CC3CC(CC(C3)C1)C2. The summed E-state index contributed by atoms with van der Waals surface area (Å²) in [5.74, 6) is 4.79. The van der Waals surface area contributed by atoms with Gasteiger partial charge in [-0.2, -0.15) is 0 Å². The van der Waals surface area contributed by atoms with E-state index in [1.54, 1.807) is 0 Å². The predicted octanol–water partition coefficient (Wildman–Crippen LogP) is 3.24. The van der Waals surface area contributed by atoms with E-state index in [-0.39, 0.29) is 0 Å². The summed E-state index contributed by atoms with van der Waals surface area (Å²) in [5, 5.41) is 8.41. The second kappa shape index (κ2) is 4.55. The molecule has 0 radical (unpaired) electrons.